The quantitative estimate of drug-likeness (QED) is 0.641. The van der Waals surface area contributed by atoms with Gasteiger partial charge in [-0.1, -0.05) is 13.8 Å². The molecule has 0 radical (unpaired) electrons. The van der Waals surface area contributed by atoms with Gasteiger partial charge in [0, 0.05) is 18.1 Å². The minimum absolute atomic E-state index is 0.00842. The van der Waals surface area contributed by atoms with Gasteiger partial charge >= 0.3 is 5.69 Å². The first-order chi connectivity index (χ1) is 16.4. The molecule has 2 aromatic heterocycles. The monoisotopic (exact) mass is 491 g/mol. The summed E-state index contributed by atoms with van der Waals surface area (Å²) in [5.41, 5.74) is -0.535. The molecule has 10 heteroatoms. The summed E-state index contributed by atoms with van der Waals surface area (Å²) in [4.78, 5) is 45.6. The molecule has 1 saturated heterocycles. The molecule has 0 aromatic carbocycles. The molecule has 0 bridgehead atoms. The van der Waals surface area contributed by atoms with E-state index in [0.717, 1.165) is 43.6 Å². The molecule has 1 amide bonds. The number of thioether (sulfide) groups is 1. The van der Waals surface area contributed by atoms with Crippen molar-refractivity contribution < 1.29 is 9.18 Å². The Labute approximate surface area is 202 Å². The molecule has 1 aliphatic heterocycles. The van der Waals surface area contributed by atoms with Crippen LogP contribution in [-0.2, 0) is 4.79 Å². The zero-order valence-electron chi connectivity index (χ0n) is 20.0. The maximum Gasteiger partial charge on any atom is 0.333 e. The number of nitrogens with zero attached hydrogens (tertiary/aromatic N) is 4. The highest BCUT2D eigenvalue weighted by Gasteiger charge is 2.29. The largest absolute Gasteiger partial charge is 0.352 e. The lowest BCUT2D eigenvalue weighted by Gasteiger charge is -2.32. The summed E-state index contributed by atoms with van der Waals surface area (Å²) in [6.45, 7) is 6.08. The minimum Gasteiger partial charge on any atom is -0.352 e. The van der Waals surface area contributed by atoms with Gasteiger partial charge in [-0.25, -0.2) is 14.2 Å². The van der Waals surface area contributed by atoms with Crippen molar-refractivity contribution in [2.45, 2.75) is 70.5 Å². The Bertz CT molecular complexity index is 1130. The van der Waals surface area contributed by atoms with E-state index >= 15 is 0 Å². The van der Waals surface area contributed by atoms with Crippen molar-refractivity contribution >= 4 is 28.7 Å². The van der Waals surface area contributed by atoms with E-state index in [1.807, 2.05) is 25.6 Å². The summed E-state index contributed by atoms with van der Waals surface area (Å²) in [5, 5.41) is 3.27. The molecular weight excluding hydrogens is 457 g/mol. The van der Waals surface area contributed by atoms with Gasteiger partial charge in [0.15, 0.2) is 0 Å². The number of hydrogen-bond donors (Lipinski definition) is 1. The van der Waals surface area contributed by atoms with Crippen LogP contribution in [0.1, 0.15) is 64.5 Å². The van der Waals surface area contributed by atoms with Gasteiger partial charge in [0.05, 0.1) is 18.1 Å². The van der Waals surface area contributed by atoms with E-state index < -0.39 is 11.4 Å². The van der Waals surface area contributed by atoms with Crippen molar-refractivity contribution in [3.63, 3.8) is 0 Å². The number of rotatable bonds is 7. The van der Waals surface area contributed by atoms with Crippen molar-refractivity contribution in [1.29, 1.82) is 0 Å². The normalized spacial score (nSPS) is 21.8. The second kappa shape index (κ2) is 11.0. The molecule has 4 rings (SSSR count). The van der Waals surface area contributed by atoms with E-state index in [0.29, 0.717) is 32.2 Å². The first kappa shape index (κ1) is 24.9. The van der Waals surface area contributed by atoms with Crippen molar-refractivity contribution in [2.75, 3.05) is 31.1 Å². The van der Waals surface area contributed by atoms with E-state index in [4.69, 9.17) is 0 Å². The number of nitrogens with one attached hydrogen (secondary N) is 1. The molecule has 2 aliphatic rings. The molecule has 0 spiro atoms. The summed E-state index contributed by atoms with van der Waals surface area (Å²) in [6, 6.07) is 0.921. The van der Waals surface area contributed by atoms with Crippen LogP contribution >= 0.6 is 11.8 Å². The van der Waals surface area contributed by atoms with E-state index in [2.05, 4.69) is 15.2 Å². The first-order valence-corrected chi connectivity index (χ1v) is 13.5. The van der Waals surface area contributed by atoms with E-state index in [-0.39, 0.29) is 40.8 Å². The molecule has 186 valence electrons. The Morgan fingerprint density at radius 3 is 2.38 bits per heavy atom. The molecule has 8 nitrogen and oxygen atoms in total. The molecule has 0 atom stereocenters. The molecule has 0 unspecified atom stereocenters. The highest BCUT2D eigenvalue weighted by atomic mass is 32.2. The summed E-state index contributed by atoms with van der Waals surface area (Å²) in [7, 11) is 0. The lowest BCUT2D eigenvalue weighted by atomic mass is 9.91. The minimum atomic E-state index is -0.583. The number of likely N-dealkylation sites (N-methyl/N-ethyl adjacent to an activating group) is 1. The number of carbonyl (C=O) groups is 1. The van der Waals surface area contributed by atoms with Gasteiger partial charge in [-0.05, 0) is 69.2 Å². The summed E-state index contributed by atoms with van der Waals surface area (Å²) >= 11 is 1.85. The fourth-order valence-corrected chi connectivity index (χ4v) is 6.28. The van der Waals surface area contributed by atoms with Crippen molar-refractivity contribution in [2.24, 2.45) is 0 Å². The molecule has 34 heavy (non-hydrogen) atoms. The standard InChI is InChI=1S/C24H34FN5O3S/c1-3-28(4-2)15-21(31)27-17-5-7-18(8-6-17)30-23(32)20-13-16(25)14-26-22(20)29(24(30)33)19-9-11-34-12-10-19/h13-14,17-19H,3-12,15H2,1-2H3,(H,27,31). The van der Waals surface area contributed by atoms with Crippen molar-refractivity contribution in [3.05, 3.63) is 38.9 Å². The van der Waals surface area contributed by atoms with Gasteiger partial charge in [-0.2, -0.15) is 11.8 Å². The Balaban J connectivity index is 1.58. The third-order valence-corrected chi connectivity index (χ3v) is 8.22. The van der Waals surface area contributed by atoms with Gasteiger partial charge in [0.25, 0.3) is 5.56 Å². The highest BCUT2D eigenvalue weighted by molar-refractivity contribution is 7.99. The molecule has 1 N–H and O–H groups in total. The Morgan fingerprint density at radius 1 is 1.09 bits per heavy atom. The van der Waals surface area contributed by atoms with Crippen LogP contribution in [-0.4, -0.2) is 62.1 Å². The highest BCUT2D eigenvalue weighted by Crippen LogP contribution is 2.30. The van der Waals surface area contributed by atoms with Crippen LogP contribution in [0, 0.1) is 5.82 Å². The van der Waals surface area contributed by atoms with Crippen LogP contribution in [0.3, 0.4) is 0 Å². The van der Waals surface area contributed by atoms with Crippen LogP contribution in [0.25, 0.3) is 11.0 Å². The average molecular weight is 492 g/mol. The fraction of sp³-hybridized carbons (Fsp3) is 0.667. The van der Waals surface area contributed by atoms with E-state index in [1.54, 1.807) is 4.57 Å². The second-order valence-electron chi connectivity index (χ2n) is 9.23. The van der Waals surface area contributed by atoms with Crippen LogP contribution in [0.5, 0.6) is 0 Å². The zero-order valence-corrected chi connectivity index (χ0v) is 20.8. The lowest BCUT2D eigenvalue weighted by Crippen LogP contribution is -2.47. The predicted molar refractivity (Wildman–Crippen MR) is 133 cm³/mol. The topological polar surface area (TPSA) is 89.2 Å². The molecule has 1 aliphatic carbocycles. The number of aromatic nitrogens is 3. The summed E-state index contributed by atoms with van der Waals surface area (Å²) < 4.78 is 17.0. The zero-order chi connectivity index (χ0) is 24.2. The van der Waals surface area contributed by atoms with Crippen LogP contribution < -0.4 is 16.6 Å². The number of hydrogen-bond acceptors (Lipinski definition) is 6. The first-order valence-electron chi connectivity index (χ1n) is 12.3. The molecular formula is C24H34FN5O3S. The van der Waals surface area contributed by atoms with Gasteiger partial charge in [0.2, 0.25) is 5.91 Å². The SMILES string of the molecule is CCN(CC)CC(=O)NC1CCC(n2c(=O)c3cc(F)cnc3n(C3CCSCC3)c2=O)CC1. The van der Waals surface area contributed by atoms with Gasteiger partial charge < -0.3 is 5.32 Å². The third-order valence-electron chi connectivity index (χ3n) is 7.17. The number of pyridine rings is 1. The van der Waals surface area contributed by atoms with Crippen LogP contribution in [0.15, 0.2) is 21.9 Å². The van der Waals surface area contributed by atoms with Gasteiger partial charge in [0.1, 0.15) is 11.5 Å². The second-order valence-corrected chi connectivity index (χ2v) is 10.5. The Hall–Kier alpha value is -2.20. The molecule has 3 heterocycles. The maximum absolute atomic E-state index is 14.0. The summed E-state index contributed by atoms with van der Waals surface area (Å²) in [6.07, 6.45) is 5.33. The Morgan fingerprint density at radius 2 is 1.74 bits per heavy atom. The van der Waals surface area contributed by atoms with Crippen LogP contribution in [0.2, 0.25) is 0 Å². The Kier molecular flexibility index (Phi) is 8.08. The molecule has 1 saturated carbocycles. The molecule has 2 fully saturated rings. The van der Waals surface area contributed by atoms with Crippen molar-refractivity contribution in [3.8, 4) is 0 Å². The fourth-order valence-electron chi connectivity index (χ4n) is 5.20. The molecule has 2 aromatic rings. The number of amides is 1. The van der Waals surface area contributed by atoms with Crippen LogP contribution in [0.4, 0.5) is 4.39 Å². The summed E-state index contributed by atoms with van der Waals surface area (Å²) in [5.74, 6) is 1.31. The number of carbonyl (C=O) groups excluding carboxylic acids is 1. The average Bonchev–Trinajstić information content (AvgIpc) is 2.85. The number of fused-ring (bicyclic) bond motifs is 1. The van der Waals surface area contributed by atoms with Gasteiger partial charge in [-0.15, -0.1) is 0 Å². The smallest absolute Gasteiger partial charge is 0.333 e. The number of halogens is 1. The van der Waals surface area contributed by atoms with E-state index in [1.165, 1.54) is 10.6 Å². The lowest BCUT2D eigenvalue weighted by molar-refractivity contribution is -0.123. The van der Waals surface area contributed by atoms with Gasteiger partial charge in [-0.3, -0.25) is 23.6 Å². The van der Waals surface area contributed by atoms with E-state index in [9.17, 15) is 18.8 Å². The maximum atomic E-state index is 14.0. The van der Waals surface area contributed by atoms with Crippen molar-refractivity contribution in [1.82, 2.24) is 24.3 Å². The third kappa shape index (κ3) is 5.22. The predicted octanol–water partition coefficient (Wildman–Crippen LogP) is 2.71.